The van der Waals surface area contributed by atoms with E-state index in [0.717, 1.165) is 0 Å². The van der Waals surface area contributed by atoms with Gasteiger partial charge in [0.15, 0.2) is 5.78 Å². The Balaban J connectivity index is 1.54. The van der Waals surface area contributed by atoms with Gasteiger partial charge in [0.1, 0.15) is 11.0 Å². The van der Waals surface area contributed by atoms with E-state index in [4.69, 9.17) is 4.74 Å². The minimum Gasteiger partial charge on any atom is -0.444 e. The molecule has 0 aromatic rings. The van der Waals surface area contributed by atoms with Crippen LogP contribution in [0.15, 0.2) is 0 Å². The van der Waals surface area contributed by atoms with E-state index in [-0.39, 0.29) is 25.3 Å². The number of ether oxygens (including phenoxy) is 1. The summed E-state index contributed by atoms with van der Waals surface area (Å²) in [5.74, 6) is -1.49. The van der Waals surface area contributed by atoms with Crippen molar-refractivity contribution in [3.05, 3.63) is 0 Å². The van der Waals surface area contributed by atoms with E-state index < -0.39 is 46.9 Å². The quantitative estimate of drug-likeness (QED) is 0.817. The number of likely N-dealkylation sites (tertiary alicyclic amines) is 1. The molecule has 1 N–H and O–H groups in total. The number of nitrogens with zero attached hydrogens (tertiary/aromatic N) is 1. The number of hydrogen-bond donors (Lipinski definition) is 1. The summed E-state index contributed by atoms with van der Waals surface area (Å²) in [7, 11) is 0. The third kappa shape index (κ3) is 3.16. The van der Waals surface area contributed by atoms with Crippen molar-refractivity contribution in [3.8, 4) is 0 Å². The van der Waals surface area contributed by atoms with E-state index in [0.29, 0.717) is 13.0 Å². The second-order valence-corrected chi connectivity index (χ2v) is 8.60. The molecular weight excluding hydrogens is 353 g/mol. The van der Waals surface area contributed by atoms with Crippen molar-refractivity contribution in [1.29, 1.82) is 0 Å². The zero-order valence-electron chi connectivity index (χ0n) is 15.0. The van der Waals surface area contributed by atoms with Crippen molar-refractivity contribution < 1.29 is 32.3 Å². The molecule has 26 heavy (non-hydrogen) atoms. The number of rotatable bonds is 4. The lowest BCUT2D eigenvalue weighted by atomic mass is 9.99. The van der Waals surface area contributed by atoms with E-state index in [1.54, 1.807) is 20.8 Å². The monoisotopic (exact) mass is 376 g/mol. The number of alkyl halides is 3. The van der Waals surface area contributed by atoms with Gasteiger partial charge in [-0.25, -0.2) is 4.79 Å². The first kappa shape index (κ1) is 19.0. The van der Waals surface area contributed by atoms with Crippen LogP contribution >= 0.6 is 0 Å². The van der Waals surface area contributed by atoms with Gasteiger partial charge in [0, 0.05) is 13.1 Å². The average Bonchev–Trinajstić information content (AvgIpc) is 3.39. The van der Waals surface area contributed by atoms with Crippen LogP contribution in [0.2, 0.25) is 0 Å². The molecule has 0 radical (unpaired) electrons. The molecule has 0 aromatic carbocycles. The molecule has 2 saturated carbocycles. The van der Waals surface area contributed by atoms with Crippen LogP contribution in [0.4, 0.5) is 18.0 Å². The van der Waals surface area contributed by atoms with Gasteiger partial charge in [-0.2, -0.15) is 13.2 Å². The lowest BCUT2D eigenvalue weighted by Crippen LogP contribution is -2.44. The van der Waals surface area contributed by atoms with E-state index in [2.05, 4.69) is 5.32 Å². The zero-order valence-corrected chi connectivity index (χ0v) is 15.0. The number of nitrogens with one attached hydrogen (secondary N) is 1. The fourth-order valence-corrected chi connectivity index (χ4v) is 3.65. The minimum atomic E-state index is -4.57. The fourth-order valence-electron chi connectivity index (χ4n) is 3.65. The van der Waals surface area contributed by atoms with E-state index >= 15 is 0 Å². The van der Waals surface area contributed by atoms with Crippen LogP contribution in [0.25, 0.3) is 0 Å². The molecule has 3 aliphatic rings. The SMILES string of the molecule is CC(C)(C)OC(=O)N1CC2CC2(C(=O)NCC(=O)C2(C(F)(F)F)CC2)C1. The van der Waals surface area contributed by atoms with Crippen molar-refractivity contribution in [1.82, 2.24) is 10.2 Å². The number of fused-ring (bicyclic) bond motifs is 1. The van der Waals surface area contributed by atoms with E-state index in [9.17, 15) is 27.6 Å². The second-order valence-electron chi connectivity index (χ2n) is 8.60. The largest absolute Gasteiger partial charge is 0.444 e. The molecule has 0 spiro atoms. The summed E-state index contributed by atoms with van der Waals surface area (Å²) in [6.07, 6.45) is -4.95. The molecule has 0 bridgehead atoms. The van der Waals surface area contributed by atoms with Crippen molar-refractivity contribution in [2.75, 3.05) is 19.6 Å². The number of halogens is 3. The van der Waals surface area contributed by atoms with Gasteiger partial charge in [-0.05, 0) is 46.0 Å². The molecule has 2 atom stereocenters. The van der Waals surface area contributed by atoms with E-state index in [1.165, 1.54) is 4.90 Å². The van der Waals surface area contributed by atoms with Gasteiger partial charge in [-0.1, -0.05) is 0 Å². The number of ketones is 1. The highest BCUT2D eigenvalue weighted by Gasteiger charge is 2.69. The van der Waals surface area contributed by atoms with E-state index in [1.807, 2.05) is 0 Å². The standard InChI is InChI=1S/C17H23F3N2O4/c1-14(2,3)26-13(25)22-8-10-6-15(10,9-22)12(24)21-7-11(23)16(4-5-16)17(18,19)20/h10H,4-9H2,1-3H3,(H,21,24). The Morgan fingerprint density at radius 3 is 2.31 bits per heavy atom. The van der Waals surface area contributed by atoms with Crippen LogP contribution in [-0.2, 0) is 14.3 Å². The summed E-state index contributed by atoms with van der Waals surface area (Å²) in [6.45, 7) is 5.14. The summed E-state index contributed by atoms with van der Waals surface area (Å²) in [5.41, 5.74) is -3.73. The molecule has 0 aromatic heterocycles. The zero-order chi connectivity index (χ0) is 19.5. The molecule has 2 unspecified atom stereocenters. The Kier molecular flexibility index (Phi) is 4.08. The van der Waals surface area contributed by atoms with Crippen molar-refractivity contribution in [3.63, 3.8) is 0 Å². The fraction of sp³-hybridized carbons (Fsp3) is 0.824. The van der Waals surface area contributed by atoms with Crippen molar-refractivity contribution in [2.24, 2.45) is 16.7 Å². The van der Waals surface area contributed by atoms with Gasteiger partial charge in [0.2, 0.25) is 5.91 Å². The summed E-state index contributed by atoms with van der Waals surface area (Å²) in [5, 5.41) is 2.37. The molecule has 146 valence electrons. The number of carbonyl (C=O) groups excluding carboxylic acids is 3. The molecule has 2 amide bonds. The Morgan fingerprint density at radius 1 is 1.19 bits per heavy atom. The maximum Gasteiger partial charge on any atom is 0.410 e. The third-order valence-corrected chi connectivity index (χ3v) is 5.49. The lowest BCUT2D eigenvalue weighted by Gasteiger charge is -2.26. The summed E-state index contributed by atoms with van der Waals surface area (Å²) in [4.78, 5) is 37.9. The van der Waals surface area contributed by atoms with Crippen molar-refractivity contribution in [2.45, 2.75) is 51.8 Å². The summed E-state index contributed by atoms with van der Waals surface area (Å²) >= 11 is 0. The first-order chi connectivity index (χ1) is 11.8. The Hall–Kier alpha value is -1.80. The average molecular weight is 376 g/mol. The second kappa shape index (κ2) is 5.60. The molecule has 1 heterocycles. The van der Waals surface area contributed by atoms with Crippen LogP contribution in [0, 0.1) is 16.7 Å². The lowest BCUT2D eigenvalue weighted by molar-refractivity contribution is -0.190. The van der Waals surface area contributed by atoms with Crippen molar-refractivity contribution >= 4 is 17.8 Å². The molecular formula is C17H23F3N2O4. The number of amides is 2. The van der Waals surface area contributed by atoms with Gasteiger partial charge in [0.25, 0.3) is 0 Å². The van der Waals surface area contributed by atoms with Gasteiger partial charge in [0.05, 0.1) is 12.0 Å². The van der Waals surface area contributed by atoms with Crippen LogP contribution in [0.3, 0.4) is 0 Å². The summed E-state index contributed by atoms with van der Waals surface area (Å²) in [6, 6.07) is 0. The van der Waals surface area contributed by atoms with Gasteiger partial charge < -0.3 is 15.0 Å². The molecule has 1 aliphatic heterocycles. The minimum absolute atomic E-state index is 0.0392. The van der Waals surface area contributed by atoms with Crippen LogP contribution in [0.5, 0.6) is 0 Å². The highest BCUT2D eigenvalue weighted by Crippen LogP contribution is 2.59. The predicted octanol–water partition coefficient (Wildman–Crippen LogP) is 2.27. The van der Waals surface area contributed by atoms with Gasteiger partial charge in [-0.3, -0.25) is 9.59 Å². The molecule has 3 rings (SSSR count). The van der Waals surface area contributed by atoms with Crippen LogP contribution in [-0.4, -0.2) is 54.1 Å². The third-order valence-electron chi connectivity index (χ3n) is 5.49. The first-order valence-corrected chi connectivity index (χ1v) is 8.67. The Morgan fingerprint density at radius 2 is 1.81 bits per heavy atom. The predicted molar refractivity (Wildman–Crippen MR) is 84.1 cm³/mol. The van der Waals surface area contributed by atoms with Crippen LogP contribution < -0.4 is 5.32 Å². The maximum absolute atomic E-state index is 12.9. The smallest absolute Gasteiger partial charge is 0.410 e. The molecule has 3 fully saturated rings. The Labute approximate surface area is 149 Å². The molecule has 9 heteroatoms. The highest BCUT2D eigenvalue weighted by molar-refractivity contribution is 5.95. The molecule has 6 nitrogen and oxygen atoms in total. The maximum atomic E-state index is 12.9. The van der Waals surface area contributed by atoms with Gasteiger partial charge in [-0.15, -0.1) is 0 Å². The normalized spacial score (nSPS) is 29.0. The van der Waals surface area contributed by atoms with Crippen LogP contribution in [0.1, 0.15) is 40.0 Å². The molecule has 1 saturated heterocycles. The summed E-state index contributed by atoms with van der Waals surface area (Å²) < 4.78 is 44.1. The number of hydrogen-bond acceptors (Lipinski definition) is 4. The molecule has 2 aliphatic carbocycles. The Bertz CT molecular complexity index is 651. The number of Topliss-reactive ketones (excluding diaryl/α,β-unsaturated/α-hetero) is 1. The number of carbonyl (C=O) groups is 3. The van der Waals surface area contributed by atoms with Gasteiger partial charge >= 0.3 is 12.3 Å². The highest BCUT2D eigenvalue weighted by atomic mass is 19.4. The first-order valence-electron chi connectivity index (χ1n) is 8.67. The number of piperidine rings is 1. The topological polar surface area (TPSA) is 75.7 Å².